The van der Waals surface area contributed by atoms with Gasteiger partial charge in [-0.05, 0) is 23.6 Å². The Labute approximate surface area is 90.0 Å². The van der Waals surface area contributed by atoms with Crippen LogP contribution in [0.25, 0.3) is 10.4 Å². The van der Waals surface area contributed by atoms with Crippen molar-refractivity contribution in [2.75, 3.05) is 0 Å². The van der Waals surface area contributed by atoms with E-state index in [1.165, 1.54) is 23.5 Å². The highest BCUT2D eigenvalue weighted by Crippen LogP contribution is 2.41. The molecule has 2 aromatic rings. The summed E-state index contributed by atoms with van der Waals surface area (Å²) in [5.41, 5.74) is 0.435. The third-order valence-corrected chi connectivity index (χ3v) is 2.93. The number of benzene rings is 1. The number of phenols is 2. The minimum absolute atomic E-state index is 0.00236. The maximum absolute atomic E-state index is 9.61. The number of rotatable bonds is 1. The van der Waals surface area contributed by atoms with Crippen LogP contribution in [0.2, 0.25) is 5.02 Å². The predicted molar refractivity (Wildman–Crippen MR) is 58.1 cm³/mol. The summed E-state index contributed by atoms with van der Waals surface area (Å²) in [6.45, 7) is 0. The molecule has 0 fully saturated rings. The van der Waals surface area contributed by atoms with E-state index in [1.807, 2.05) is 17.5 Å². The van der Waals surface area contributed by atoms with Crippen LogP contribution in [0.3, 0.4) is 0 Å². The maximum atomic E-state index is 9.61. The molecule has 0 spiro atoms. The molecule has 0 atom stereocenters. The summed E-state index contributed by atoms with van der Waals surface area (Å²) in [6.07, 6.45) is 0. The molecule has 0 aliphatic rings. The van der Waals surface area contributed by atoms with E-state index in [4.69, 9.17) is 11.6 Å². The lowest BCUT2D eigenvalue weighted by molar-refractivity contribution is 0.454. The standard InChI is InChI=1S/C10H7ClO2S/c11-6-4-7(12)10(8(13)5-6)9-2-1-3-14-9/h1-5,12-13H. The van der Waals surface area contributed by atoms with Crippen LogP contribution in [0.5, 0.6) is 11.5 Å². The second-order valence-corrected chi connectivity index (χ2v) is 4.18. The number of aromatic hydroxyl groups is 2. The number of halogens is 1. The quantitative estimate of drug-likeness (QED) is 0.782. The fourth-order valence-corrected chi connectivity index (χ4v) is 2.25. The molecule has 0 radical (unpaired) electrons. The van der Waals surface area contributed by atoms with Gasteiger partial charge in [0.2, 0.25) is 0 Å². The highest BCUT2D eigenvalue weighted by Gasteiger charge is 2.11. The second-order valence-electron chi connectivity index (χ2n) is 2.80. The lowest BCUT2D eigenvalue weighted by Gasteiger charge is -2.05. The van der Waals surface area contributed by atoms with Crippen molar-refractivity contribution in [3.05, 3.63) is 34.7 Å². The van der Waals surface area contributed by atoms with E-state index < -0.39 is 0 Å². The van der Waals surface area contributed by atoms with Gasteiger partial charge in [-0.15, -0.1) is 11.3 Å². The van der Waals surface area contributed by atoms with Crippen molar-refractivity contribution in [2.24, 2.45) is 0 Å². The van der Waals surface area contributed by atoms with E-state index in [9.17, 15) is 10.2 Å². The Balaban J connectivity index is 2.64. The summed E-state index contributed by atoms with van der Waals surface area (Å²) in [5.74, 6) is -0.00472. The molecular formula is C10H7ClO2S. The van der Waals surface area contributed by atoms with Gasteiger partial charge in [-0.3, -0.25) is 0 Å². The van der Waals surface area contributed by atoms with Gasteiger partial charge in [0.05, 0.1) is 5.56 Å². The fourth-order valence-electron chi connectivity index (χ4n) is 1.25. The zero-order valence-electron chi connectivity index (χ0n) is 7.07. The Morgan fingerprint density at radius 3 is 2.29 bits per heavy atom. The van der Waals surface area contributed by atoms with Gasteiger partial charge in [0.15, 0.2) is 0 Å². The molecule has 2 N–H and O–H groups in total. The van der Waals surface area contributed by atoms with Crippen LogP contribution < -0.4 is 0 Å². The van der Waals surface area contributed by atoms with Gasteiger partial charge in [0.25, 0.3) is 0 Å². The van der Waals surface area contributed by atoms with Crippen molar-refractivity contribution in [2.45, 2.75) is 0 Å². The van der Waals surface area contributed by atoms with Crippen molar-refractivity contribution >= 4 is 22.9 Å². The van der Waals surface area contributed by atoms with Crippen LogP contribution in [0.4, 0.5) is 0 Å². The third kappa shape index (κ3) is 1.56. The van der Waals surface area contributed by atoms with Gasteiger partial charge in [-0.1, -0.05) is 17.7 Å². The van der Waals surface area contributed by atoms with Crippen molar-refractivity contribution < 1.29 is 10.2 Å². The Kier molecular flexibility index (Phi) is 2.35. The van der Waals surface area contributed by atoms with E-state index in [0.29, 0.717) is 10.6 Å². The van der Waals surface area contributed by atoms with Crippen LogP contribution in [-0.2, 0) is 0 Å². The lowest BCUT2D eigenvalue weighted by atomic mass is 10.1. The minimum Gasteiger partial charge on any atom is -0.507 e. The van der Waals surface area contributed by atoms with E-state index in [1.54, 1.807) is 0 Å². The van der Waals surface area contributed by atoms with Crippen LogP contribution in [0.1, 0.15) is 0 Å². The summed E-state index contributed by atoms with van der Waals surface area (Å²) in [7, 11) is 0. The van der Waals surface area contributed by atoms with Crippen molar-refractivity contribution in [1.29, 1.82) is 0 Å². The molecule has 0 saturated heterocycles. The van der Waals surface area contributed by atoms with Gasteiger partial charge in [0.1, 0.15) is 11.5 Å². The highest BCUT2D eigenvalue weighted by atomic mass is 35.5. The van der Waals surface area contributed by atoms with Gasteiger partial charge in [-0.2, -0.15) is 0 Å². The van der Waals surface area contributed by atoms with Crippen LogP contribution in [0, 0.1) is 0 Å². The molecule has 0 unspecified atom stereocenters. The first kappa shape index (κ1) is 9.37. The van der Waals surface area contributed by atoms with Crippen molar-refractivity contribution in [3.8, 4) is 21.9 Å². The normalized spacial score (nSPS) is 10.4. The smallest absolute Gasteiger partial charge is 0.129 e. The lowest BCUT2D eigenvalue weighted by Crippen LogP contribution is -1.77. The SMILES string of the molecule is Oc1cc(Cl)cc(O)c1-c1cccs1. The number of hydrogen-bond acceptors (Lipinski definition) is 3. The molecule has 0 aliphatic carbocycles. The molecule has 14 heavy (non-hydrogen) atoms. The van der Waals surface area contributed by atoms with Gasteiger partial charge in [-0.25, -0.2) is 0 Å². The Hall–Kier alpha value is -1.19. The minimum atomic E-state index is -0.00236. The molecule has 1 aromatic carbocycles. The van der Waals surface area contributed by atoms with E-state index in [2.05, 4.69) is 0 Å². The summed E-state index contributed by atoms with van der Waals surface area (Å²) in [4.78, 5) is 0.816. The molecule has 0 bridgehead atoms. The molecule has 0 amide bonds. The second kappa shape index (κ2) is 3.52. The zero-order chi connectivity index (χ0) is 10.1. The molecule has 72 valence electrons. The average molecular weight is 227 g/mol. The summed E-state index contributed by atoms with van der Waals surface area (Å²) < 4.78 is 0. The summed E-state index contributed by atoms with van der Waals surface area (Å²) >= 11 is 7.11. The van der Waals surface area contributed by atoms with Crippen LogP contribution in [0.15, 0.2) is 29.6 Å². The number of hydrogen-bond donors (Lipinski definition) is 2. The molecule has 4 heteroatoms. The largest absolute Gasteiger partial charge is 0.507 e. The van der Waals surface area contributed by atoms with Crippen molar-refractivity contribution in [3.63, 3.8) is 0 Å². The van der Waals surface area contributed by atoms with Gasteiger partial charge >= 0.3 is 0 Å². The van der Waals surface area contributed by atoms with E-state index in [0.717, 1.165) is 4.88 Å². The summed E-state index contributed by atoms with van der Waals surface area (Å²) in [5, 5.41) is 21.4. The predicted octanol–water partition coefficient (Wildman–Crippen LogP) is 3.48. The Bertz CT molecular complexity index is 428. The summed E-state index contributed by atoms with van der Waals surface area (Å²) in [6, 6.07) is 6.51. The average Bonchev–Trinajstić information content (AvgIpc) is 2.54. The molecule has 2 nitrogen and oxygen atoms in total. The fraction of sp³-hybridized carbons (Fsp3) is 0. The molecule has 0 aliphatic heterocycles. The maximum Gasteiger partial charge on any atom is 0.129 e. The number of phenolic OH excluding ortho intramolecular Hbond substituents is 2. The first-order chi connectivity index (χ1) is 6.68. The molecule has 0 saturated carbocycles. The molecule has 2 rings (SSSR count). The van der Waals surface area contributed by atoms with E-state index >= 15 is 0 Å². The van der Waals surface area contributed by atoms with Crippen LogP contribution >= 0.6 is 22.9 Å². The first-order valence-corrected chi connectivity index (χ1v) is 5.19. The Morgan fingerprint density at radius 2 is 1.79 bits per heavy atom. The van der Waals surface area contributed by atoms with Crippen LogP contribution in [-0.4, -0.2) is 10.2 Å². The van der Waals surface area contributed by atoms with E-state index in [-0.39, 0.29) is 11.5 Å². The topological polar surface area (TPSA) is 40.5 Å². The molecular weight excluding hydrogens is 220 g/mol. The highest BCUT2D eigenvalue weighted by molar-refractivity contribution is 7.13. The molecule has 1 aromatic heterocycles. The van der Waals surface area contributed by atoms with Gasteiger partial charge < -0.3 is 10.2 Å². The molecule has 1 heterocycles. The monoisotopic (exact) mass is 226 g/mol. The Morgan fingerprint density at radius 1 is 1.14 bits per heavy atom. The third-order valence-electron chi connectivity index (χ3n) is 1.83. The first-order valence-electron chi connectivity index (χ1n) is 3.94. The van der Waals surface area contributed by atoms with Gasteiger partial charge in [0, 0.05) is 9.90 Å². The van der Waals surface area contributed by atoms with Crippen molar-refractivity contribution in [1.82, 2.24) is 0 Å². The zero-order valence-corrected chi connectivity index (χ0v) is 8.64. The number of thiophene rings is 1.